The Labute approximate surface area is 99.8 Å². The Hall–Kier alpha value is 0.0169. The fourth-order valence-corrected chi connectivity index (χ4v) is 4.70. The third-order valence-electron chi connectivity index (χ3n) is 2.34. The molecule has 0 aromatic rings. The van der Waals surface area contributed by atoms with Crippen molar-refractivity contribution in [2.24, 2.45) is 11.5 Å². The second-order valence-electron chi connectivity index (χ2n) is 3.41. The van der Waals surface area contributed by atoms with Gasteiger partial charge in [-0.2, -0.15) is 0 Å². The van der Waals surface area contributed by atoms with Crippen LogP contribution in [0.5, 0.6) is 0 Å². The van der Waals surface area contributed by atoms with Crippen molar-refractivity contribution in [2.45, 2.75) is 32.7 Å². The van der Waals surface area contributed by atoms with Crippen molar-refractivity contribution in [3.05, 3.63) is 0 Å². The summed E-state index contributed by atoms with van der Waals surface area (Å²) in [6.07, 6.45) is 0.780. The van der Waals surface area contributed by atoms with Gasteiger partial charge in [0.1, 0.15) is 0 Å². The van der Waals surface area contributed by atoms with Gasteiger partial charge in [-0.15, -0.1) is 0 Å². The van der Waals surface area contributed by atoms with Gasteiger partial charge in [-0.05, 0) is 40.3 Å². The highest BCUT2D eigenvalue weighted by Crippen LogP contribution is 2.27. The second kappa shape index (κ2) is 9.09. The van der Waals surface area contributed by atoms with E-state index in [1.165, 1.54) is 0 Å². The van der Waals surface area contributed by atoms with E-state index < -0.39 is 8.80 Å². The molecule has 0 aliphatic heterocycles. The minimum atomic E-state index is -2.65. The Morgan fingerprint density at radius 2 is 1.38 bits per heavy atom. The van der Waals surface area contributed by atoms with Crippen LogP contribution in [-0.2, 0) is 13.3 Å². The molecule has 16 heavy (non-hydrogen) atoms. The molecular weight excluding hydrogens is 224 g/mol. The van der Waals surface area contributed by atoms with Gasteiger partial charge in [0.25, 0.3) is 0 Å². The molecule has 1 unspecified atom stereocenters. The molecule has 4 N–H and O–H groups in total. The monoisotopic (exact) mass is 250 g/mol. The maximum atomic E-state index is 5.77. The van der Waals surface area contributed by atoms with Crippen LogP contribution in [0.25, 0.3) is 0 Å². The average Bonchev–Trinajstić information content (AvgIpc) is 2.26. The van der Waals surface area contributed by atoms with Crippen molar-refractivity contribution in [3.63, 3.8) is 0 Å². The van der Waals surface area contributed by atoms with Crippen molar-refractivity contribution in [1.29, 1.82) is 0 Å². The van der Waals surface area contributed by atoms with Crippen LogP contribution < -0.4 is 11.5 Å². The van der Waals surface area contributed by atoms with Gasteiger partial charge >= 0.3 is 8.80 Å². The number of rotatable bonds is 10. The zero-order valence-corrected chi connectivity index (χ0v) is 11.7. The average molecular weight is 250 g/mol. The molecule has 0 amide bonds. The quantitative estimate of drug-likeness (QED) is 0.558. The van der Waals surface area contributed by atoms with E-state index in [4.69, 9.17) is 24.7 Å². The van der Waals surface area contributed by atoms with E-state index in [2.05, 4.69) is 0 Å². The molecule has 0 aromatic carbocycles. The summed E-state index contributed by atoms with van der Waals surface area (Å²) in [7, 11) is -2.65. The lowest BCUT2D eigenvalue weighted by Crippen LogP contribution is -2.53. The first kappa shape index (κ1) is 16.0. The Balaban J connectivity index is 4.78. The molecule has 6 heteroatoms. The lowest BCUT2D eigenvalue weighted by molar-refractivity contribution is 0.0607. The van der Waals surface area contributed by atoms with E-state index in [-0.39, 0.29) is 5.54 Å². The smallest absolute Gasteiger partial charge is 0.374 e. The van der Waals surface area contributed by atoms with Crippen LogP contribution >= 0.6 is 0 Å². The van der Waals surface area contributed by atoms with Crippen molar-refractivity contribution in [1.82, 2.24) is 0 Å². The Kier molecular flexibility index (Phi) is 9.10. The molecule has 0 saturated carbocycles. The van der Waals surface area contributed by atoms with Gasteiger partial charge in [0.2, 0.25) is 0 Å². The highest BCUT2D eigenvalue weighted by atomic mass is 28.4. The van der Waals surface area contributed by atoms with Gasteiger partial charge in [-0.3, -0.25) is 0 Å². The summed E-state index contributed by atoms with van der Waals surface area (Å²) < 4.78 is 17.3. The van der Waals surface area contributed by atoms with Crippen LogP contribution in [0.1, 0.15) is 27.2 Å². The van der Waals surface area contributed by atoms with E-state index >= 15 is 0 Å². The molecule has 0 saturated heterocycles. The minimum Gasteiger partial charge on any atom is -0.374 e. The van der Waals surface area contributed by atoms with Crippen molar-refractivity contribution >= 4 is 8.80 Å². The molecule has 98 valence electrons. The van der Waals surface area contributed by atoms with E-state index in [9.17, 15) is 0 Å². The van der Waals surface area contributed by atoms with Crippen LogP contribution in [0, 0.1) is 0 Å². The largest absolute Gasteiger partial charge is 0.505 e. The zero-order valence-electron chi connectivity index (χ0n) is 10.7. The summed E-state index contributed by atoms with van der Waals surface area (Å²) in [5.74, 6) is 0. The fraction of sp³-hybridized carbons (Fsp3) is 1.00. The summed E-state index contributed by atoms with van der Waals surface area (Å²) in [6, 6.07) is 0. The predicted molar refractivity (Wildman–Crippen MR) is 67.1 cm³/mol. The van der Waals surface area contributed by atoms with Crippen molar-refractivity contribution in [2.75, 3.05) is 32.9 Å². The maximum absolute atomic E-state index is 5.77. The summed E-state index contributed by atoms with van der Waals surface area (Å²) in [4.78, 5) is 0. The first-order chi connectivity index (χ1) is 7.70. The molecule has 0 radical (unpaired) electrons. The van der Waals surface area contributed by atoms with Gasteiger partial charge in [0.15, 0.2) is 0 Å². The fourth-order valence-electron chi connectivity index (χ4n) is 1.72. The first-order valence-corrected chi connectivity index (χ1v) is 7.82. The Morgan fingerprint density at radius 1 is 0.938 bits per heavy atom. The highest BCUT2D eigenvalue weighted by molar-refractivity contribution is 6.62. The Morgan fingerprint density at radius 3 is 1.62 bits per heavy atom. The normalized spacial score (nSPS) is 14.1. The predicted octanol–water partition coefficient (Wildman–Crippen LogP) is 0.713. The molecule has 5 nitrogen and oxygen atoms in total. The standard InChI is InChI=1S/C10H26N2O3Si/c1-4-13-16(14-5-2,15-6-3)10(9-12)7-8-11/h10H,4-9,11-12H2,1-3H3. The lowest BCUT2D eigenvalue weighted by Gasteiger charge is -2.34. The molecule has 0 rings (SSSR count). The van der Waals surface area contributed by atoms with Gasteiger partial charge in [-0.1, -0.05) is 0 Å². The van der Waals surface area contributed by atoms with Crippen molar-refractivity contribution in [3.8, 4) is 0 Å². The van der Waals surface area contributed by atoms with Crippen molar-refractivity contribution < 1.29 is 13.3 Å². The van der Waals surface area contributed by atoms with E-state index in [1.54, 1.807) is 0 Å². The van der Waals surface area contributed by atoms with Crippen LogP contribution in [0.4, 0.5) is 0 Å². The van der Waals surface area contributed by atoms with Crippen LogP contribution in [0.2, 0.25) is 5.54 Å². The van der Waals surface area contributed by atoms with Gasteiger partial charge < -0.3 is 24.7 Å². The van der Waals surface area contributed by atoms with Gasteiger partial charge in [-0.25, -0.2) is 0 Å². The first-order valence-electron chi connectivity index (χ1n) is 6.02. The molecule has 0 spiro atoms. The molecule has 0 aromatic heterocycles. The lowest BCUT2D eigenvalue weighted by atomic mass is 10.3. The number of hydrogen-bond acceptors (Lipinski definition) is 5. The second-order valence-corrected chi connectivity index (χ2v) is 6.30. The minimum absolute atomic E-state index is 0.0948. The molecule has 0 bridgehead atoms. The molecular formula is C10H26N2O3Si. The van der Waals surface area contributed by atoms with Crippen LogP contribution in [0.3, 0.4) is 0 Å². The maximum Gasteiger partial charge on any atom is 0.505 e. The van der Waals surface area contributed by atoms with E-state index in [1.807, 2.05) is 20.8 Å². The third kappa shape index (κ3) is 4.48. The van der Waals surface area contributed by atoms with Crippen LogP contribution in [0.15, 0.2) is 0 Å². The summed E-state index contributed by atoms with van der Waals surface area (Å²) in [5.41, 5.74) is 11.5. The van der Waals surface area contributed by atoms with Gasteiger partial charge in [0, 0.05) is 25.4 Å². The highest BCUT2D eigenvalue weighted by Gasteiger charge is 2.47. The third-order valence-corrected chi connectivity index (χ3v) is 5.93. The molecule has 0 heterocycles. The molecule has 1 atom stereocenters. The Bertz CT molecular complexity index is 155. The van der Waals surface area contributed by atoms with Gasteiger partial charge in [0.05, 0.1) is 0 Å². The molecule has 0 aliphatic rings. The summed E-state index contributed by atoms with van der Waals surface area (Å²) in [6.45, 7) is 8.61. The van der Waals surface area contributed by atoms with Crippen LogP contribution in [-0.4, -0.2) is 41.7 Å². The topological polar surface area (TPSA) is 79.7 Å². The SMILES string of the molecule is CCO[Si](OCC)(OCC)C(CN)CCN. The van der Waals surface area contributed by atoms with E-state index in [0.717, 1.165) is 6.42 Å². The summed E-state index contributed by atoms with van der Waals surface area (Å²) >= 11 is 0. The number of nitrogens with two attached hydrogens (primary N) is 2. The molecule has 0 fully saturated rings. The number of hydrogen-bond donors (Lipinski definition) is 2. The zero-order chi connectivity index (χ0) is 12.4. The summed E-state index contributed by atoms with van der Waals surface area (Å²) in [5, 5.41) is 0. The van der Waals surface area contributed by atoms with E-state index in [0.29, 0.717) is 32.9 Å². The molecule has 0 aliphatic carbocycles.